The van der Waals surface area contributed by atoms with Gasteiger partial charge in [-0.2, -0.15) is 0 Å². The molecule has 2 heterocycles. The summed E-state index contributed by atoms with van der Waals surface area (Å²) in [5, 5.41) is 6.82. The van der Waals surface area contributed by atoms with Gasteiger partial charge in [-0.1, -0.05) is 6.92 Å². The number of hydrogen-bond donors (Lipinski definition) is 2. The molecule has 0 aliphatic carbocycles. The van der Waals surface area contributed by atoms with Crippen LogP contribution in [0.15, 0.2) is 29.5 Å². The summed E-state index contributed by atoms with van der Waals surface area (Å²) in [4.78, 5) is 9.38. The van der Waals surface area contributed by atoms with E-state index in [1.807, 2.05) is 19.2 Å². The summed E-state index contributed by atoms with van der Waals surface area (Å²) in [7, 11) is 1.83. The fourth-order valence-corrected chi connectivity index (χ4v) is 2.94. The van der Waals surface area contributed by atoms with Crippen molar-refractivity contribution in [2.24, 2.45) is 4.99 Å². The minimum absolute atomic E-state index is 0.525. The van der Waals surface area contributed by atoms with Gasteiger partial charge < -0.3 is 20.1 Å². The fourth-order valence-electron chi connectivity index (χ4n) is 2.94. The molecule has 2 rings (SSSR count). The molecule has 2 N–H and O–H groups in total. The van der Waals surface area contributed by atoms with Gasteiger partial charge in [-0.25, -0.2) is 0 Å². The normalized spacial score (nSPS) is 18.8. The van der Waals surface area contributed by atoms with E-state index in [9.17, 15) is 0 Å². The zero-order valence-electron chi connectivity index (χ0n) is 14.8. The Balaban J connectivity index is 1.64. The number of piperazine rings is 1. The minimum atomic E-state index is 0.525. The van der Waals surface area contributed by atoms with Crippen LogP contribution in [-0.2, 0) is 6.54 Å². The summed E-state index contributed by atoms with van der Waals surface area (Å²) in [6, 6.07) is 4.62. The Labute approximate surface area is 140 Å². The van der Waals surface area contributed by atoms with Gasteiger partial charge in [-0.05, 0) is 25.6 Å². The quantitative estimate of drug-likeness (QED) is 0.573. The highest BCUT2D eigenvalue weighted by Crippen LogP contribution is 2.05. The average molecular weight is 320 g/mol. The van der Waals surface area contributed by atoms with Crippen LogP contribution in [0.4, 0.5) is 0 Å². The molecule has 6 heteroatoms. The van der Waals surface area contributed by atoms with Crippen molar-refractivity contribution in [1.82, 2.24) is 25.0 Å². The lowest BCUT2D eigenvalue weighted by molar-refractivity contribution is 0.107. The first kappa shape index (κ1) is 17.8. The summed E-state index contributed by atoms with van der Waals surface area (Å²) in [5.74, 6) is 0.885. The van der Waals surface area contributed by atoms with Crippen molar-refractivity contribution in [2.75, 3.05) is 52.9 Å². The molecule has 1 atom stereocenters. The number of likely N-dealkylation sites (N-methyl/N-ethyl adjacent to an activating group) is 1. The molecule has 0 radical (unpaired) electrons. The van der Waals surface area contributed by atoms with Gasteiger partial charge in [0.1, 0.15) is 0 Å². The van der Waals surface area contributed by atoms with Crippen LogP contribution < -0.4 is 10.6 Å². The Kier molecular flexibility index (Phi) is 7.42. The van der Waals surface area contributed by atoms with Crippen LogP contribution in [0.3, 0.4) is 0 Å². The molecule has 1 saturated heterocycles. The molecule has 1 unspecified atom stereocenters. The summed E-state index contributed by atoms with van der Waals surface area (Å²) >= 11 is 0. The third kappa shape index (κ3) is 5.88. The van der Waals surface area contributed by atoms with E-state index in [1.54, 1.807) is 0 Å². The van der Waals surface area contributed by atoms with Crippen LogP contribution >= 0.6 is 0 Å². The Morgan fingerprint density at radius 3 is 2.43 bits per heavy atom. The zero-order chi connectivity index (χ0) is 16.5. The minimum Gasteiger partial charge on any atom is -0.355 e. The Morgan fingerprint density at radius 2 is 1.83 bits per heavy atom. The van der Waals surface area contributed by atoms with E-state index in [1.165, 1.54) is 19.6 Å². The SMILES string of the molecule is CCN1CCN(C(C)CNC(=NC)NCCn2cccc2)CC1. The van der Waals surface area contributed by atoms with Crippen molar-refractivity contribution in [3.63, 3.8) is 0 Å². The van der Waals surface area contributed by atoms with E-state index in [2.05, 4.69) is 56.2 Å². The molecule has 0 spiro atoms. The highest BCUT2D eigenvalue weighted by atomic mass is 15.3. The predicted octanol–water partition coefficient (Wildman–Crippen LogP) is 0.679. The third-order valence-corrected chi connectivity index (χ3v) is 4.59. The number of nitrogens with zero attached hydrogens (tertiary/aromatic N) is 4. The predicted molar refractivity (Wildman–Crippen MR) is 96.9 cm³/mol. The number of guanidine groups is 1. The first-order valence-electron chi connectivity index (χ1n) is 8.74. The molecule has 0 saturated carbocycles. The number of nitrogens with one attached hydrogen (secondary N) is 2. The van der Waals surface area contributed by atoms with Crippen molar-refractivity contribution in [2.45, 2.75) is 26.4 Å². The van der Waals surface area contributed by atoms with E-state index in [4.69, 9.17) is 0 Å². The Morgan fingerprint density at radius 1 is 1.13 bits per heavy atom. The van der Waals surface area contributed by atoms with Gasteiger partial charge in [0, 0.05) is 71.3 Å². The third-order valence-electron chi connectivity index (χ3n) is 4.59. The van der Waals surface area contributed by atoms with Gasteiger partial charge in [-0.15, -0.1) is 0 Å². The Bertz CT molecular complexity index is 448. The first-order chi connectivity index (χ1) is 11.2. The standard InChI is InChI=1S/C17H32N6/c1-4-21-11-13-23(14-12-21)16(2)15-20-17(18-3)19-7-10-22-8-5-6-9-22/h5-6,8-9,16H,4,7,10-15H2,1-3H3,(H2,18,19,20). The average Bonchev–Trinajstić information content (AvgIpc) is 3.11. The van der Waals surface area contributed by atoms with E-state index in [-0.39, 0.29) is 0 Å². The summed E-state index contributed by atoms with van der Waals surface area (Å²) in [6.07, 6.45) is 4.16. The van der Waals surface area contributed by atoms with E-state index in [0.29, 0.717) is 6.04 Å². The highest BCUT2D eigenvalue weighted by molar-refractivity contribution is 5.79. The van der Waals surface area contributed by atoms with Gasteiger partial charge in [0.15, 0.2) is 5.96 Å². The van der Waals surface area contributed by atoms with Crippen molar-refractivity contribution < 1.29 is 0 Å². The fraction of sp³-hybridized carbons (Fsp3) is 0.706. The molecule has 1 aliphatic rings. The molecule has 1 aromatic rings. The molecule has 130 valence electrons. The zero-order valence-corrected chi connectivity index (χ0v) is 14.8. The molecule has 0 amide bonds. The van der Waals surface area contributed by atoms with E-state index >= 15 is 0 Å². The van der Waals surface area contributed by atoms with Crippen LogP contribution in [0.1, 0.15) is 13.8 Å². The largest absolute Gasteiger partial charge is 0.355 e. The second-order valence-electron chi connectivity index (χ2n) is 6.12. The van der Waals surface area contributed by atoms with Crippen LogP contribution in [-0.4, -0.2) is 79.2 Å². The van der Waals surface area contributed by atoms with Crippen molar-refractivity contribution in [3.05, 3.63) is 24.5 Å². The van der Waals surface area contributed by atoms with Gasteiger partial charge >= 0.3 is 0 Å². The number of aliphatic imine (C=N–C) groups is 1. The van der Waals surface area contributed by atoms with Crippen LogP contribution in [0.5, 0.6) is 0 Å². The number of rotatable bonds is 7. The maximum Gasteiger partial charge on any atom is 0.191 e. The summed E-state index contributed by atoms with van der Waals surface area (Å²) in [5.41, 5.74) is 0. The van der Waals surface area contributed by atoms with Crippen molar-refractivity contribution >= 4 is 5.96 Å². The monoisotopic (exact) mass is 320 g/mol. The molecular formula is C17H32N6. The van der Waals surface area contributed by atoms with Gasteiger partial charge in [0.05, 0.1) is 0 Å². The maximum atomic E-state index is 4.31. The number of aromatic nitrogens is 1. The first-order valence-corrected chi connectivity index (χ1v) is 8.74. The maximum absolute atomic E-state index is 4.31. The molecule has 6 nitrogen and oxygen atoms in total. The van der Waals surface area contributed by atoms with E-state index < -0.39 is 0 Å². The van der Waals surface area contributed by atoms with Crippen LogP contribution in [0.2, 0.25) is 0 Å². The van der Waals surface area contributed by atoms with E-state index in [0.717, 1.165) is 38.7 Å². The second-order valence-corrected chi connectivity index (χ2v) is 6.12. The lowest BCUT2D eigenvalue weighted by Crippen LogP contribution is -2.53. The van der Waals surface area contributed by atoms with Gasteiger partial charge in [0.25, 0.3) is 0 Å². The lowest BCUT2D eigenvalue weighted by atomic mass is 10.2. The molecule has 0 aromatic carbocycles. The summed E-state index contributed by atoms with van der Waals surface area (Å²) in [6.45, 7) is 13.1. The van der Waals surface area contributed by atoms with Crippen LogP contribution in [0, 0.1) is 0 Å². The summed E-state index contributed by atoms with van der Waals surface area (Å²) < 4.78 is 2.16. The molecule has 23 heavy (non-hydrogen) atoms. The molecule has 0 bridgehead atoms. The highest BCUT2D eigenvalue weighted by Gasteiger charge is 2.20. The van der Waals surface area contributed by atoms with Gasteiger partial charge in [0.2, 0.25) is 0 Å². The van der Waals surface area contributed by atoms with Crippen LogP contribution in [0.25, 0.3) is 0 Å². The lowest BCUT2D eigenvalue weighted by Gasteiger charge is -2.37. The molecular weight excluding hydrogens is 288 g/mol. The molecule has 1 aromatic heterocycles. The second kappa shape index (κ2) is 9.57. The van der Waals surface area contributed by atoms with Crippen molar-refractivity contribution in [3.8, 4) is 0 Å². The van der Waals surface area contributed by atoms with Gasteiger partial charge in [-0.3, -0.25) is 9.89 Å². The topological polar surface area (TPSA) is 47.8 Å². The molecule has 1 aliphatic heterocycles. The smallest absolute Gasteiger partial charge is 0.191 e. The Hall–Kier alpha value is -1.53. The number of hydrogen-bond acceptors (Lipinski definition) is 3. The molecule has 1 fully saturated rings. The van der Waals surface area contributed by atoms with Crippen molar-refractivity contribution in [1.29, 1.82) is 0 Å².